The van der Waals surface area contributed by atoms with E-state index in [9.17, 15) is 5.11 Å². The van der Waals surface area contributed by atoms with Crippen LogP contribution in [0, 0.1) is 20.8 Å². The number of nitrogens with zero attached hydrogens (tertiary/aromatic N) is 3. The molecule has 0 fully saturated rings. The summed E-state index contributed by atoms with van der Waals surface area (Å²) in [7, 11) is 0. The third-order valence-corrected chi connectivity index (χ3v) is 12.0. The molecule has 0 unspecified atom stereocenters. The number of aryl methyl sites for hydroxylation is 3. The van der Waals surface area contributed by atoms with Crippen molar-refractivity contribution in [1.82, 2.24) is 15.0 Å². The molecule has 0 spiro atoms. The van der Waals surface area contributed by atoms with E-state index in [1.807, 2.05) is 67.1 Å². The molecule has 10 aromatic rings. The van der Waals surface area contributed by atoms with Gasteiger partial charge in [0.25, 0.3) is 0 Å². The van der Waals surface area contributed by atoms with Crippen LogP contribution in [0.4, 0.5) is 0 Å². The first kappa shape index (κ1) is 39.9. The highest BCUT2D eigenvalue weighted by Crippen LogP contribution is 2.44. The molecule has 0 aliphatic heterocycles. The van der Waals surface area contributed by atoms with Crippen LogP contribution >= 0.6 is 0 Å². The molecule has 0 aliphatic rings. The van der Waals surface area contributed by atoms with Gasteiger partial charge < -0.3 is 5.11 Å². The fourth-order valence-corrected chi connectivity index (χ4v) is 8.68. The SMILES string of the molecule is Cc1ccnc(-c2ccc(-c3ccccc3-c3cc(-c4ccccc4-c4ccc(-c5cc(C)ccn5)cc4)cc(-c4ccccc4-c4ccc(-c5cc(C)ccn5)cc4O)c3)cc2)c1. The molecule has 1 N–H and O–H groups in total. The summed E-state index contributed by atoms with van der Waals surface area (Å²) in [6.45, 7) is 6.24. The van der Waals surface area contributed by atoms with Crippen molar-refractivity contribution < 1.29 is 5.11 Å². The Labute approximate surface area is 374 Å². The monoisotopic (exact) mass is 823 g/mol. The summed E-state index contributed by atoms with van der Waals surface area (Å²) in [4.78, 5) is 13.9. The van der Waals surface area contributed by atoms with Crippen molar-refractivity contribution in [3.05, 3.63) is 229 Å². The van der Waals surface area contributed by atoms with Gasteiger partial charge in [-0.05, 0) is 165 Å². The van der Waals surface area contributed by atoms with E-state index in [4.69, 9.17) is 0 Å². The van der Waals surface area contributed by atoms with Gasteiger partial charge in [-0.3, -0.25) is 15.0 Å². The first-order chi connectivity index (χ1) is 31.3. The minimum Gasteiger partial charge on any atom is -0.507 e. The molecule has 0 amide bonds. The number of hydrogen-bond acceptors (Lipinski definition) is 4. The van der Waals surface area contributed by atoms with Gasteiger partial charge in [0, 0.05) is 40.8 Å². The molecule has 4 heteroatoms. The molecule has 306 valence electrons. The number of hydrogen-bond donors (Lipinski definition) is 1. The zero-order valence-corrected chi connectivity index (χ0v) is 36.0. The van der Waals surface area contributed by atoms with Crippen molar-refractivity contribution in [3.63, 3.8) is 0 Å². The van der Waals surface area contributed by atoms with Gasteiger partial charge in [-0.25, -0.2) is 0 Å². The molecule has 0 aliphatic carbocycles. The van der Waals surface area contributed by atoms with Gasteiger partial charge in [0.15, 0.2) is 0 Å². The fraction of sp³-hybridized carbons (Fsp3) is 0.0500. The zero-order valence-electron chi connectivity index (χ0n) is 36.0. The highest BCUT2D eigenvalue weighted by Gasteiger charge is 2.18. The van der Waals surface area contributed by atoms with Crippen molar-refractivity contribution in [3.8, 4) is 106 Å². The quantitative estimate of drug-likeness (QED) is 0.158. The molecular formula is C60H45N3O. The Balaban J connectivity index is 1.12. The second-order valence-corrected chi connectivity index (χ2v) is 16.5. The number of aromatic nitrogens is 3. The molecule has 3 aromatic heterocycles. The summed E-state index contributed by atoms with van der Waals surface area (Å²) in [5.41, 5.74) is 21.9. The summed E-state index contributed by atoms with van der Waals surface area (Å²) in [6.07, 6.45) is 5.54. The largest absolute Gasteiger partial charge is 0.507 e. The lowest BCUT2D eigenvalue weighted by Gasteiger charge is -2.18. The Morgan fingerprint density at radius 2 is 0.578 bits per heavy atom. The Kier molecular flexibility index (Phi) is 10.8. The zero-order chi connectivity index (χ0) is 43.6. The summed E-state index contributed by atoms with van der Waals surface area (Å²) in [5, 5.41) is 11.7. The van der Waals surface area contributed by atoms with Crippen LogP contribution in [0.5, 0.6) is 5.75 Å². The van der Waals surface area contributed by atoms with E-state index in [0.717, 1.165) is 106 Å². The van der Waals surface area contributed by atoms with Crippen LogP contribution in [0.2, 0.25) is 0 Å². The first-order valence-corrected chi connectivity index (χ1v) is 21.6. The molecule has 7 aromatic carbocycles. The van der Waals surface area contributed by atoms with Crippen LogP contribution in [0.15, 0.2) is 213 Å². The average molecular weight is 824 g/mol. The second kappa shape index (κ2) is 17.3. The summed E-state index contributed by atoms with van der Waals surface area (Å²) in [5.74, 6) is 0.203. The number of aromatic hydroxyl groups is 1. The molecule has 0 saturated heterocycles. The van der Waals surface area contributed by atoms with E-state index >= 15 is 0 Å². The van der Waals surface area contributed by atoms with E-state index < -0.39 is 0 Å². The van der Waals surface area contributed by atoms with Gasteiger partial charge in [0.05, 0.1) is 17.1 Å². The van der Waals surface area contributed by atoms with Crippen molar-refractivity contribution in [2.24, 2.45) is 0 Å². The van der Waals surface area contributed by atoms with Crippen LogP contribution in [-0.2, 0) is 0 Å². The van der Waals surface area contributed by atoms with Gasteiger partial charge in [0.2, 0.25) is 0 Å². The van der Waals surface area contributed by atoms with Crippen LogP contribution in [-0.4, -0.2) is 20.1 Å². The minimum atomic E-state index is 0.203. The Hall–Kier alpha value is -8.21. The van der Waals surface area contributed by atoms with Crippen LogP contribution < -0.4 is 0 Å². The third-order valence-electron chi connectivity index (χ3n) is 12.0. The number of benzene rings is 7. The summed E-state index contributed by atoms with van der Waals surface area (Å²) >= 11 is 0. The maximum Gasteiger partial charge on any atom is 0.124 e. The van der Waals surface area contributed by atoms with Gasteiger partial charge in [-0.15, -0.1) is 0 Å². The normalized spacial score (nSPS) is 11.1. The van der Waals surface area contributed by atoms with Crippen molar-refractivity contribution in [2.75, 3.05) is 0 Å². The van der Waals surface area contributed by atoms with Crippen molar-refractivity contribution >= 4 is 0 Å². The van der Waals surface area contributed by atoms with Crippen LogP contribution in [0.25, 0.3) is 101 Å². The molecule has 64 heavy (non-hydrogen) atoms. The van der Waals surface area contributed by atoms with Crippen molar-refractivity contribution in [2.45, 2.75) is 20.8 Å². The first-order valence-electron chi connectivity index (χ1n) is 21.6. The number of phenolic OH excluding ortho intramolecular Hbond substituents is 1. The second-order valence-electron chi connectivity index (χ2n) is 16.5. The number of rotatable bonds is 9. The maximum atomic E-state index is 11.7. The Morgan fingerprint density at radius 3 is 0.953 bits per heavy atom. The number of pyridine rings is 3. The van der Waals surface area contributed by atoms with E-state index in [-0.39, 0.29) is 5.75 Å². The van der Waals surface area contributed by atoms with E-state index in [2.05, 4.69) is 181 Å². The van der Waals surface area contributed by atoms with E-state index in [1.54, 1.807) is 0 Å². The van der Waals surface area contributed by atoms with Crippen LogP contribution in [0.3, 0.4) is 0 Å². The predicted molar refractivity (Wildman–Crippen MR) is 265 cm³/mol. The molecule has 0 saturated carbocycles. The fourth-order valence-electron chi connectivity index (χ4n) is 8.68. The lowest BCUT2D eigenvalue weighted by molar-refractivity contribution is 0.477. The Bertz CT molecular complexity index is 3160. The maximum absolute atomic E-state index is 11.7. The molecule has 4 nitrogen and oxygen atoms in total. The molecule has 0 radical (unpaired) electrons. The van der Waals surface area contributed by atoms with Crippen molar-refractivity contribution in [1.29, 1.82) is 0 Å². The smallest absolute Gasteiger partial charge is 0.124 e. The molecule has 0 bridgehead atoms. The summed E-state index contributed by atoms with van der Waals surface area (Å²) < 4.78 is 0. The molecule has 3 heterocycles. The highest BCUT2D eigenvalue weighted by molar-refractivity contribution is 5.95. The van der Waals surface area contributed by atoms with Gasteiger partial charge in [-0.2, -0.15) is 0 Å². The number of phenols is 1. The summed E-state index contributed by atoms with van der Waals surface area (Å²) in [6, 6.07) is 68.2. The van der Waals surface area contributed by atoms with E-state index in [1.165, 1.54) is 11.1 Å². The molecule has 0 atom stereocenters. The molecular weight excluding hydrogens is 779 g/mol. The van der Waals surface area contributed by atoms with Crippen LogP contribution in [0.1, 0.15) is 16.7 Å². The topological polar surface area (TPSA) is 58.9 Å². The molecule has 10 rings (SSSR count). The lowest BCUT2D eigenvalue weighted by atomic mass is 9.86. The van der Waals surface area contributed by atoms with E-state index in [0.29, 0.717) is 0 Å². The predicted octanol–water partition coefficient (Wildman–Crippen LogP) is 15.5. The lowest BCUT2D eigenvalue weighted by Crippen LogP contribution is -1.93. The standard InChI is InChI=1S/C60H45N3O/c1-39-26-29-61-57(32-39)44-20-16-42(17-21-44)50-10-4-6-12-52(50)47-35-48(53-13-7-5-11-51(53)43-18-22-45(23-19-43)58-33-40(2)27-30-62-58)37-49(36-47)54-14-8-9-15-55(54)56-25-24-46(38-60(56)64)59-34-41(3)28-31-63-59/h4-38,64H,1-3H3. The Morgan fingerprint density at radius 1 is 0.266 bits per heavy atom. The van der Waals surface area contributed by atoms with Gasteiger partial charge in [0.1, 0.15) is 5.75 Å². The average Bonchev–Trinajstić information content (AvgIpc) is 3.34. The minimum absolute atomic E-state index is 0.203. The highest BCUT2D eigenvalue weighted by atomic mass is 16.3. The van der Waals surface area contributed by atoms with Gasteiger partial charge >= 0.3 is 0 Å². The third kappa shape index (κ3) is 8.13. The van der Waals surface area contributed by atoms with Gasteiger partial charge in [-0.1, -0.05) is 127 Å².